The van der Waals surface area contributed by atoms with Crippen molar-refractivity contribution in [3.63, 3.8) is 0 Å². The molecule has 4 rings (SSSR count). The molecule has 0 unspecified atom stereocenters. The molecule has 3 nitrogen and oxygen atoms in total. The van der Waals surface area contributed by atoms with Gasteiger partial charge < -0.3 is 0 Å². The lowest BCUT2D eigenvalue weighted by Crippen LogP contribution is -2.19. The van der Waals surface area contributed by atoms with Crippen LogP contribution in [0.4, 0.5) is 17.3 Å². The number of nitrogens with zero attached hydrogens (tertiary/aromatic N) is 3. The summed E-state index contributed by atoms with van der Waals surface area (Å²) in [4.78, 5) is 12.1. The van der Waals surface area contributed by atoms with Crippen molar-refractivity contribution in [1.29, 1.82) is 0 Å². The van der Waals surface area contributed by atoms with E-state index in [1.165, 1.54) is 44.6 Å². The summed E-state index contributed by atoms with van der Waals surface area (Å²) >= 11 is 0. The number of aromatic nitrogens is 2. The van der Waals surface area contributed by atoms with Gasteiger partial charge in [0.05, 0.1) is 5.69 Å². The molecule has 0 spiro atoms. The molecule has 3 heterocycles. The monoisotopic (exact) mass is 385 g/mol. The van der Waals surface area contributed by atoms with Crippen LogP contribution in [0.25, 0.3) is 0 Å². The molecule has 0 saturated heterocycles. The largest absolute Gasteiger partial charge is 0.278 e. The highest BCUT2D eigenvalue weighted by Crippen LogP contribution is 2.43. The zero-order valence-electron chi connectivity index (χ0n) is 18.7. The Balaban J connectivity index is 2.01. The van der Waals surface area contributed by atoms with E-state index in [9.17, 15) is 0 Å². The second-order valence-corrected chi connectivity index (χ2v) is 9.53. The van der Waals surface area contributed by atoms with Gasteiger partial charge >= 0.3 is 0 Å². The summed E-state index contributed by atoms with van der Waals surface area (Å²) in [7, 11) is 0. The summed E-state index contributed by atoms with van der Waals surface area (Å²) in [6.45, 7) is 15.5. The summed E-state index contributed by atoms with van der Waals surface area (Å²) in [6, 6.07) is 9.22. The van der Waals surface area contributed by atoms with Crippen LogP contribution in [0.1, 0.15) is 59.7 Å². The van der Waals surface area contributed by atoms with E-state index in [0.29, 0.717) is 0 Å². The van der Waals surface area contributed by atoms with Crippen LogP contribution in [0, 0.1) is 27.7 Å². The Morgan fingerprint density at radius 2 is 1.17 bits per heavy atom. The number of rotatable bonds is 1. The molecule has 0 radical (unpaired) electrons. The van der Waals surface area contributed by atoms with Gasteiger partial charge in [0.15, 0.2) is 0 Å². The van der Waals surface area contributed by atoms with Gasteiger partial charge in [0.1, 0.15) is 11.6 Å². The highest BCUT2D eigenvalue weighted by molar-refractivity contribution is 5.81. The van der Waals surface area contributed by atoms with Crippen molar-refractivity contribution >= 4 is 17.3 Å². The van der Waals surface area contributed by atoms with Gasteiger partial charge in [-0.25, -0.2) is 9.97 Å². The van der Waals surface area contributed by atoms with Crippen LogP contribution in [0.15, 0.2) is 36.7 Å². The van der Waals surface area contributed by atoms with E-state index < -0.39 is 0 Å². The van der Waals surface area contributed by atoms with Crippen molar-refractivity contribution in [1.82, 2.24) is 9.97 Å². The third-order valence-electron chi connectivity index (χ3n) is 5.83. The predicted molar refractivity (Wildman–Crippen MR) is 122 cm³/mol. The lowest BCUT2D eigenvalue weighted by Gasteiger charge is -2.30. The molecular weight excluding hydrogens is 354 g/mol. The molecule has 0 amide bonds. The van der Waals surface area contributed by atoms with Gasteiger partial charge in [-0.05, 0) is 84.9 Å². The minimum absolute atomic E-state index is 0.118. The van der Waals surface area contributed by atoms with E-state index in [2.05, 4.69) is 77.6 Å². The Morgan fingerprint density at radius 3 is 1.59 bits per heavy atom. The average molecular weight is 386 g/mol. The fraction of sp³-hybridized carbons (Fsp3) is 0.385. The first-order valence-electron chi connectivity index (χ1n) is 10.5. The summed E-state index contributed by atoms with van der Waals surface area (Å²) in [5.41, 5.74) is 10.2. The Kier molecular flexibility index (Phi) is 4.72. The molecule has 3 heteroatoms. The van der Waals surface area contributed by atoms with Crippen LogP contribution in [-0.2, 0) is 18.3 Å². The first-order valence-corrected chi connectivity index (χ1v) is 10.5. The molecule has 1 aliphatic heterocycles. The second kappa shape index (κ2) is 6.98. The minimum atomic E-state index is 0.118. The lowest BCUT2D eigenvalue weighted by atomic mass is 9.84. The van der Waals surface area contributed by atoms with Gasteiger partial charge in [-0.1, -0.05) is 45.0 Å². The minimum Gasteiger partial charge on any atom is -0.278 e. The smallest absolute Gasteiger partial charge is 0.141 e. The quantitative estimate of drug-likeness (QED) is 0.474. The van der Waals surface area contributed by atoms with E-state index in [-0.39, 0.29) is 5.41 Å². The Bertz CT molecular complexity index is 1010. The number of anilines is 3. The Hall–Kier alpha value is -2.68. The molecule has 1 aliphatic rings. The molecule has 0 atom stereocenters. The third-order valence-corrected chi connectivity index (χ3v) is 5.83. The normalized spacial score (nSPS) is 13.7. The van der Waals surface area contributed by atoms with Crippen LogP contribution in [-0.4, -0.2) is 9.97 Å². The number of hydrogen-bond donors (Lipinski definition) is 0. The van der Waals surface area contributed by atoms with Crippen molar-refractivity contribution in [3.05, 3.63) is 75.6 Å². The predicted octanol–water partition coefficient (Wildman–Crippen LogP) is 6.58. The van der Waals surface area contributed by atoms with Crippen LogP contribution in [0.5, 0.6) is 0 Å². The van der Waals surface area contributed by atoms with Crippen molar-refractivity contribution in [2.45, 2.75) is 66.7 Å². The standard InChI is InChI=1S/C26H31N3/c1-16-10-20-8-9-21-11-17(2)15-28-25(21)29(24(20)27-14-16)23-18(3)12-22(13-19(23)4)26(5,6)7/h10-15H,8-9H2,1-7H3. The van der Waals surface area contributed by atoms with Gasteiger partial charge in [-0.15, -0.1) is 0 Å². The molecule has 29 heavy (non-hydrogen) atoms. The molecular formula is C26H31N3. The van der Waals surface area contributed by atoms with Crippen LogP contribution < -0.4 is 4.90 Å². The molecule has 1 aromatic carbocycles. The number of aryl methyl sites for hydroxylation is 6. The summed E-state index contributed by atoms with van der Waals surface area (Å²) in [5.74, 6) is 2.03. The van der Waals surface area contributed by atoms with E-state index in [4.69, 9.17) is 9.97 Å². The van der Waals surface area contributed by atoms with Crippen molar-refractivity contribution in [2.75, 3.05) is 4.90 Å². The van der Waals surface area contributed by atoms with Gasteiger partial charge in [0, 0.05) is 12.4 Å². The fourth-order valence-corrected chi connectivity index (χ4v) is 4.34. The molecule has 0 aliphatic carbocycles. The van der Waals surface area contributed by atoms with E-state index in [0.717, 1.165) is 24.5 Å². The summed E-state index contributed by atoms with van der Waals surface area (Å²) < 4.78 is 0. The summed E-state index contributed by atoms with van der Waals surface area (Å²) in [5, 5.41) is 0. The number of benzene rings is 1. The first-order chi connectivity index (χ1) is 13.6. The van der Waals surface area contributed by atoms with Gasteiger partial charge in [0.2, 0.25) is 0 Å². The van der Waals surface area contributed by atoms with Crippen LogP contribution in [0.3, 0.4) is 0 Å². The average Bonchev–Trinajstić information content (AvgIpc) is 2.77. The van der Waals surface area contributed by atoms with Gasteiger partial charge in [0.25, 0.3) is 0 Å². The van der Waals surface area contributed by atoms with Crippen molar-refractivity contribution in [3.8, 4) is 0 Å². The molecule has 0 bridgehead atoms. The molecule has 0 fully saturated rings. The maximum atomic E-state index is 4.90. The number of fused-ring (bicyclic) bond motifs is 2. The maximum absolute atomic E-state index is 4.90. The highest BCUT2D eigenvalue weighted by atomic mass is 15.2. The zero-order valence-corrected chi connectivity index (χ0v) is 18.7. The SMILES string of the molecule is Cc1cnc2c(c1)CCc1cc(C)cnc1N2c1c(C)cc(C(C)(C)C)cc1C. The molecule has 0 N–H and O–H groups in total. The third kappa shape index (κ3) is 3.55. The molecule has 0 saturated carbocycles. The zero-order chi connectivity index (χ0) is 20.9. The first kappa shape index (κ1) is 19.6. The molecule has 3 aromatic rings. The number of pyridine rings is 2. The van der Waals surface area contributed by atoms with Gasteiger partial charge in [-0.2, -0.15) is 0 Å². The van der Waals surface area contributed by atoms with E-state index in [1.54, 1.807) is 0 Å². The molecule has 150 valence electrons. The topological polar surface area (TPSA) is 29.0 Å². The Morgan fingerprint density at radius 1 is 0.724 bits per heavy atom. The maximum Gasteiger partial charge on any atom is 0.141 e. The van der Waals surface area contributed by atoms with Crippen molar-refractivity contribution in [2.24, 2.45) is 0 Å². The summed E-state index contributed by atoms with van der Waals surface area (Å²) in [6.07, 6.45) is 5.91. The number of hydrogen-bond acceptors (Lipinski definition) is 3. The molecule has 2 aromatic heterocycles. The van der Waals surface area contributed by atoms with E-state index in [1.807, 2.05) is 12.4 Å². The Labute approximate surface area is 174 Å². The van der Waals surface area contributed by atoms with Crippen LogP contribution >= 0.6 is 0 Å². The highest BCUT2D eigenvalue weighted by Gasteiger charge is 2.28. The lowest BCUT2D eigenvalue weighted by molar-refractivity contribution is 0.589. The van der Waals surface area contributed by atoms with Crippen LogP contribution in [0.2, 0.25) is 0 Å². The fourth-order valence-electron chi connectivity index (χ4n) is 4.34. The second-order valence-electron chi connectivity index (χ2n) is 9.53. The van der Waals surface area contributed by atoms with Gasteiger partial charge in [-0.3, -0.25) is 4.90 Å². The van der Waals surface area contributed by atoms with Crippen molar-refractivity contribution < 1.29 is 0 Å². The van der Waals surface area contributed by atoms with E-state index >= 15 is 0 Å².